The lowest BCUT2D eigenvalue weighted by molar-refractivity contribution is 0.479. The fourth-order valence-electron chi connectivity index (χ4n) is 1.98. The first kappa shape index (κ1) is 11.1. The summed E-state index contributed by atoms with van der Waals surface area (Å²) < 4.78 is 1.79. The third-order valence-corrected chi connectivity index (χ3v) is 3.17. The molecular formula is C14H11ClN2O. The fraction of sp³-hybridized carbons (Fsp3) is 0.0714. The molecule has 0 spiro atoms. The van der Waals surface area contributed by atoms with Gasteiger partial charge in [0.05, 0.1) is 0 Å². The first-order valence-corrected chi connectivity index (χ1v) is 5.97. The number of rotatable bonds is 1. The zero-order valence-electron chi connectivity index (χ0n) is 9.76. The molecule has 2 heterocycles. The zero-order chi connectivity index (χ0) is 12.7. The summed E-state index contributed by atoms with van der Waals surface area (Å²) in [6.07, 6.45) is 1.84. The summed E-state index contributed by atoms with van der Waals surface area (Å²) in [5.74, 6) is 0.860. The minimum Gasteiger partial charge on any atom is -0.506 e. The van der Waals surface area contributed by atoms with Crippen molar-refractivity contribution in [2.24, 2.45) is 0 Å². The molecule has 3 nitrogen and oxygen atoms in total. The van der Waals surface area contributed by atoms with Crippen LogP contribution in [0.4, 0.5) is 0 Å². The van der Waals surface area contributed by atoms with E-state index in [1.54, 1.807) is 16.5 Å². The fourth-order valence-corrected chi connectivity index (χ4v) is 2.25. The number of benzene rings is 1. The van der Waals surface area contributed by atoms with Gasteiger partial charge in [-0.05, 0) is 19.1 Å². The van der Waals surface area contributed by atoms with Crippen LogP contribution in [0, 0.1) is 6.92 Å². The molecule has 2 aromatic heterocycles. The topological polar surface area (TPSA) is 37.5 Å². The Bertz CT molecular complexity index is 716. The van der Waals surface area contributed by atoms with Gasteiger partial charge >= 0.3 is 0 Å². The standard InChI is InChI=1S/C14H11ClN2O/c1-9-4-6-10(7-5-9)14-16-13(15)12-11(18)3-2-8-17(12)14/h2-8,18H,1H3. The monoisotopic (exact) mass is 258 g/mol. The highest BCUT2D eigenvalue weighted by molar-refractivity contribution is 6.33. The maximum absolute atomic E-state index is 9.81. The third kappa shape index (κ3) is 1.64. The number of pyridine rings is 1. The summed E-state index contributed by atoms with van der Waals surface area (Å²) in [7, 11) is 0. The van der Waals surface area contributed by atoms with E-state index in [0.29, 0.717) is 10.7 Å². The Morgan fingerprint density at radius 2 is 1.89 bits per heavy atom. The van der Waals surface area contributed by atoms with Crippen LogP contribution >= 0.6 is 11.6 Å². The molecule has 0 aliphatic rings. The smallest absolute Gasteiger partial charge is 0.159 e. The number of aromatic nitrogens is 2. The Hall–Kier alpha value is -2.00. The quantitative estimate of drug-likeness (QED) is 0.723. The molecule has 3 aromatic rings. The Morgan fingerprint density at radius 1 is 1.17 bits per heavy atom. The Morgan fingerprint density at radius 3 is 2.61 bits per heavy atom. The molecule has 0 fully saturated rings. The van der Waals surface area contributed by atoms with Crippen molar-refractivity contribution >= 4 is 17.1 Å². The largest absolute Gasteiger partial charge is 0.506 e. The van der Waals surface area contributed by atoms with Crippen LogP contribution in [-0.4, -0.2) is 14.5 Å². The van der Waals surface area contributed by atoms with Crippen LogP contribution in [0.15, 0.2) is 42.6 Å². The molecule has 1 N–H and O–H groups in total. The molecule has 0 saturated heterocycles. The number of hydrogen-bond acceptors (Lipinski definition) is 2. The second kappa shape index (κ2) is 4.03. The summed E-state index contributed by atoms with van der Waals surface area (Å²) >= 11 is 6.07. The van der Waals surface area contributed by atoms with Crippen molar-refractivity contribution in [3.63, 3.8) is 0 Å². The maximum Gasteiger partial charge on any atom is 0.159 e. The van der Waals surface area contributed by atoms with Crippen LogP contribution in [0.5, 0.6) is 5.75 Å². The highest BCUT2D eigenvalue weighted by Crippen LogP contribution is 2.30. The van der Waals surface area contributed by atoms with E-state index in [-0.39, 0.29) is 5.75 Å². The lowest BCUT2D eigenvalue weighted by Crippen LogP contribution is -1.88. The highest BCUT2D eigenvalue weighted by atomic mass is 35.5. The summed E-state index contributed by atoms with van der Waals surface area (Å²) in [6, 6.07) is 11.4. The SMILES string of the molecule is Cc1ccc(-c2nc(Cl)c3c(O)cccn23)cc1. The number of fused-ring (bicyclic) bond motifs is 1. The van der Waals surface area contributed by atoms with Crippen LogP contribution in [0.2, 0.25) is 5.15 Å². The predicted octanol–water partition coefficient (Wildman–Crippen LogP) is 3.67. The van der Waals surface area contributed by atoms with E-state index >= 15 is 0 Å². The summed E-state index contributed by atoms with van der Waals surface area (Å²) in [5.41, 5.74) is 2.69. The molecule has 0 aliphatic heterocycles. The van der Waals surface area contributed by atoms with E-state index in [1.807, 2.05) is 37.4 Å². The summed E-state index contributed by atoms with van der Waals surface area (Å²) in [5, 5.41) is 10.1. The number of halogens is 1. The molecule has 1 aromatic carbocycles. The van der Waals surface area contributed by atoms with Gasteiger partial charge < -0.3 is 5.11 Å². The first-order valence-electron chi connectivity index (χ1n) is 5.59. The van der Waals surface area contributed by atoms with E-state index in [4.69, 9.17) is 11.6 Å². The summed E-state index contributed by atoms with van der Waals surface area (Å²) in [6.45, 7) is 2.03. The number of aryl methyl sites for hydroxylation is 1. The van der Waals surface area contributed by atoms with Gasteiger partial charge in [-0.3, -0.25) is 4.40 Å². The lowest BCUT2D eigenvalue weighted by Gasteiger charge is -2.02. The lowest BCUT2D eigenvalue weighted by atomic mass is 10.1. The van der Waals surface area contributed by atoms with Gasteiger partial charge in [-0.15, -0.1) is 0 Å². The molecular weight excluding hydrogens is 248 g/mol. The Balaban J connectivity index is 2.30. The van der Waals surface area contributed by atoms with Crippen molar-refractivity contribution in [2.75, 3.05) is 0 Å². The van der Waals surface area contributed by atoms with Gasteiger partial charge in [0.25, 0.3) is 0 Å². The minimum absolute atomic E-state index is 0.133. The molecule has 90 valence electrons. The molecule has 0 bridgehead atoms. The van der Waals surface area contributed by atoms with E-state index in [9.17, 15) is 5.11 Å². The molecule has 0 unspecified atom stereocenters. The number of hydrogen-bond donors (Lipinski definition) is 1. The molecule has 3 rings (SSSR count). The molecule has 0 atom stereocenters. The number of nitrogens with zero attached hydrogens (tertiary/aromatic N) is 2. The van der Waals surface area contributed by atoms with Crippen molar-refractivity contribution in [1.82, 2.24) is 9.38 Å². The van der Waals surface area contributed by atoms with Crippen LogP contribution in [0.3, 0.4) is 0 Å². The van der Waals surface area contributed by atoms with Gasteiger partial charge in [0.15, 0.2) is 5.15 Å². The first-order chi connectivity index (χ1) is 8.66. The Labute approximate surface area is 109 Å². The average Bonchev–Trinajstić information content (AvgIpc) is 2.69. The molecule has 18 heavy (non-hydrogen) atoms. The predicted molar refractivity (Wildman–Crippen MR) is 72.0 cm³/mol. The van der Waals surface area contributed by atoms with E-state index in [2.05, 4.69) is 4.98 Å². The molecule has 0 saturated carbocycles. The second-order valence-corrected chi connectivity index (χ2v) is 4.56. The Kier molecular flexibility index (Phi) is 2.49. The van der Waals surface area contributed by atoms with Gasteiger partial charge in [-0.2, -0.15) is 0 Å². The second-order valence-electron chi connectivity index (χ2n) is 4.20. The van der Waals surface area contributed by atoms with Crippen molar-refractivity contribution in [3.8, 4) is 17.1 Å². The van der Waals surface area contributed by atoms with Crippen LogP contribution in [0.1, 0.15) is 5.56 Å². The van der Waals surface area contributed by atoms with Gasteiger partial charge in [0.2, 0.25) is 0 Å². The van der Waals surface area contributed by atoms with Crippen LogP contribution in [0.25, 0.3) is 16.9 Å². The number of imidazole rings is 1. The van der Waals surface area contributed by atoms with Crippen molar-refractivity contribution in [2.45, 2.75) is 6.92 Å². The summed E-state index contributed by atoms with van der Waals surface area (Å²) in [4.78, 5) is 4.32. The van der Waals surface area contributed by atoms with Gasteiger partial charge in [-0.1, -0.05) is 41.4 Å². The van der Waals surface area contributed by atoms with Gasteiger partial charge in [0, 0.05) is 11.8 Å². The molecule has 0 aliphatic carbocycles. The van der Waals surface area contributed by atoms with E-state index in [0.717, 1.165) is 11.4 Å². The average molecular weight is 259 g/mol. The highest BCUT2D eigenvalue weighted by Gasteiger charge is 2.13. The van der Waals surface area contributed by atoms with E-state index in [1.165, 1.54) is 5.56 Å². The maximum atomic E-state index is 9.81. The zero-order valence-corrected chi connectivity index (χ0v) is 10.5. The van der Waals surface area contributed by atoms with E-state index < -0.39 is 0 Å². The molecule has 0 radical (unpaired) electrons. The van der Waals surface area contributed by atoms with Crippen molar-refractivity contribution in [1.29, 1.82) is 0 Å². The van der Waals surface area contributed by atoms with Crippen molar-refractivity contribution in [3.05, 3.63) is 53.3 Å². The van der Waals surface area contributed by atoms with Gasteiger partial charge in [-0.25, -0.2) is 4.98 Å². The minimum atomic E-state index is 0.133. The van der Waals surface area contributed by atoms with Crippen molar-refractivity contribution < 1.29 is 5.11 Å². The van der Waals surface area contributed by atoms with Crippen LogP contribution < -0.4 is 0 Å². The normalized spacial score (nSPS) is 11.0. The van der Waals surface area contributed by atoms with Gasteiger partial charge in [0.1, 0.15) is 17.1 Å². The number of aromatic hydroxyl groups is 1. The molecule has 4 heteroatoms. The third-order valence-electron chi connectivity index (χ3n) is 2.91. The van der Waals surface area contributed by atoms with Crippen LogP contribution in [-0.2, 0) is 0 Å². The molecule has 0 amide bonds.